The van der Waals surface area contributed by atoms with Gasteiger partial charge in [0.05, 0.1) is 18.1 Å². The Hall–Kier alpha value is -1.44. The Labute approximate surface area is 125 Å². The molecule has 2 bridgehead atoms. The van der Waals surface area contributed by atoms with Crippen molar-refractivity contribution in [2.75, 3.05) is 7.05 Å². The molecule has 0 aliphatic carbocycles. The van der Waals surface area contributed by atoms with Crippen LogP contribution in [0, 0.1) is 17.1 Å². The largest absolute Gasteiger partial charge is 0.385 e. The van der Waals surface area contributed by atoms with Crippen LogP contribution in [-0.2, 0) is 12.0 Å². The molecule has 3 rings (SSSR count). The van der Waals surface area contributed by atoms with Crippen molar-refractivity contribution in [3.05, 3.63) is 35.1 Å². The molecule has 0 saturated carbocycles. The van der Waals surface area contributed by atoms with E-state index in [1.54, 1.807) is 12.1 Å². The number of benzene rings is 1. The van der Waals surface area contributed by atoms with Gasteiger partial charge in [-0.2, -0.15) is 5.26 Å². The van der Waals surface area contributed by atoms with E-state index in [4.69, 9.17) is 5.26 Å². The normalized spacial score (nSPS) is 32.7. The second-order valence-corrected chi connectivity index (χ2v) is 6.49. The molecule has 112 valence electrons. The first-order chi connectivity index (χ1) is 10.0. The molecule has 2 fully saturated rings. The van der Waals surface area contributed by atoms with E-state index in [9.17, 15) is 9.50 Å². The molecule has 21 heavy (non-hydrogen) atoms. The van der Waals surface area contributed by atoms with Crippen LogP contribution in [0.5, 0.6) is 0 Å². The molecule has 2 saturated heterocycles. The Morgan fingerprint density at radius 2 is 2.05 bits per heavy atom. The number of aliphatic hydroxyl groups is 1. The molecule has 2 heterocycles. The van der Waals surface area contributed by atoms with E-state index < -0.39 is 5.60 Å². The van der Waals surface area contributed by atoms with Crippen LogP contribution in [-0.4, -0.2) is 29.1 Å². The summed E-state index contributed by atoms with van der Waals surface area (Å²) in [6.07, 6.45) is 4.71. The van der Waals surface area contributed by atoms with Crippen LogP contribution in [0.15, 0.2) is 18.2 Å². The minimum Gasteiger partial charge on any atom is -0.385 e. The van der Waals surface area contributed by atoms with E-state index in [2.05, 4.69) is 18.0 Å². The number of nitrogens with zero attached hydrogens (tertiary/aromatic N) is 2. The van der Waals surface area contributed by atoms with Gasteiger partial charge in [0, 0.05) is 17.6 Å². The van der Waals surface area contributed by atoms with Crippen molar-refractivity contribution < 1.29 is 9.50 Å². The standard InChI is InChI=1S/C17H21FN2O/c1-20-13-3-2-4-14(20)11-17(21,10-13)15-9-12(7-8-19)5-6-16(15)18/h5-6,9,13-14,21H,2-4,7,10-11H2,1H3. The number of nitriles is 1. The molecule has 0 spiro atoms. The molecular weight excluding hydrogens is 267 g/mol. The van der Waals surface area contributed by atoms with Gasteiger partial charge in [0.1, 0.15) is 5.82 Å². The lowest BCUT2D eigenvalue weighted by Gasteiger charge is -2.50. The number of piperidine rings is 2. The Kier molecular flexibility index (Phi) is 3.73. The maximum Gasteiger partial charge on any atom is 0.129 e. The zero-order valence-electron chi connectivity index (χ0n) is 12.3. The molecule has 2 aliphatic heterocycles. The molecule has 2 aliphatic rings. The van der Waals surface area contributed by atoms with E-state index >= 15 is 0 Å². The lowest BCUT2D eigenvalue weighted by molar-refractivity contribution is -0.0891. The highest BCUT2D eigenvalue weighted by Gasteiger charge is 2.45. The Bertz CT molecular complexity index is 567. The third-order valence-electron chi connectivity index (χ3n) is 5.19. The molecule has 0 radical (unpaired) electrons. The zero-order chi connectivity index (χ0) is 15.0. The second kappa shape index (κ2) is 5.40. The summed E-state index contributed by atoms with van der Waals surface area (Å²) >= 11 is 0. The predicted octanol–water partition coefficient (Wildman–Crippen LogP) is 2.73. The van der Waals surface area contributed by atoms with E-state index in [1.165, 1.54) is 12.5 Å². The average Bonchev–Trinajstić information content (AvgIpc) is 2.43. The number of rotatable bonds is 2. The summed E-state index contributed by atoms with van der Waals surface area (Å²) in [5.74, 6) is -0.359. The highest BCUT2D eigenvalue weighted by molar-refractivity contribution is 5.32. The fraction of sp³-hybridized carbons (Fsp3) is 0.588. The number of hydrogen-bond donors (Lipinski definition) is 1. The summed E-state index contributed by atoms with van der Waals surface area (Å²) in [5, 5.41) is 19.9. The quantitative estimate of drug-likeness (QED) is 0.910. The molecule has 0 amide bonds. The fourth-order valence-corrected chi connectivity index (χ4v) is 4.00. The molecule has 2 atom stereocenters. The summed E-state index contributed by atoms with van der Waals surface area (Å²) in [7, 11) is 2.11. The van der Waals surface area contributed by atoms with Gasteiger partial charge in [0.15, 0.2) is 0 Å². The van der Waals surface area contributed by atoms with Crippen LogP contribution in [0.2, 0.25) is 0 Å². The van der Waals surface area contributed by atoms with Gasteiger partial charge in [-0.3, -0.25) is 0 Å². The van der Waals surface area contributed by atoms with Gasteiger partial charge in [0.2, 0.25) is 0 Å². The van der Waals surface area contributed by atoms with Gasteiger partial charge in [-0.15, -0.1) is 0 Å². The van der Waals surface area contributed by atoms with E-state index in [-0.39, 0.29) is 12.2 Å². The third-order valence-corrected chi connectivity index (χ3v) is 5.19. The summed E-state index contributed by atoms with van der Waals surface area (Å²) in [4.78, 5) is 2.34. The SMILES string of the molecule is CN1C2CCCC1CC(O)(c1cc(CC#N)ccc1F)C2. The first-order valence-electron chi connectivity index (χ1n) is 7.64. The Balaban J connectivity index is 1.95. The van der Waals surface area contributed by atoms with Crippen molar-refractivity contribution >= 4 is 0 Å². The fourth-order valence-electron chi connectivity index (χ4n) is 4.00. The maximum atomic E-state index is 14.3. The van der Waals surface area contributed by atoms with Crippen molar-refractivity contribution in [3.63, 3.8) is 0 Å². The minimum atomic E-state index is -1.10. The molecule has 1 N–H and O–H groups in total. The summed E-state index contributed by atoms with van der Waals surface area (Å²) in [6.45, 7) is 0. The Morgan fingerprint density at radius 1 is 1.38 bits per heavy atom. The van der Waals surface area contributed by atoms with Crippen LogP contribution in [0.3, 0.4) is 0 Å². The smallest absolute Gasteiger partial charge is 0.129 e. The molecule has 0 aromatic heterocycles. The summed E-state index contributed by atoms with van der Waals surface area (Å²) in [6, 6.07) is 7.41. The van der Waals surface area contributed by atoms with Gasteiger partial charge in [0.25, 0.3) is 0 Å². The van der Waals surface area contributed by atoms with Crippen molar-refractivity contribution in [1.29, 1.82) is 5.26 Å². The van der Waals surface area contributed by atoms with Crippen molar-refractivity contribution in [2.24, 2.45) is 0 Å². The minimum absolute atomic E-state index is 0.246. The Morgan fingerprint density at radius 3 is 2.67 bits per heavy atom. The van der Waals surface area contributed by atoms with Crippen LogP contribution in [0.4, 0.5) is 4.39 Å². The van der Waals surface area contributed by atoms with Gasteiger partial charge in [-0.25, -0.2) is 4.39 Å². The van der Waals surface area contributed by atoms with Crippen molar-refractivity contribution in [2.45, 2.75) is 56.2 Å². The average molecular weight is 288 g/mol. The van der Waals surface area contributed by atoms with Crippen LogP contribution in [0.1, 0.15) is 43.2 Å². The maximum absolute atomic E-state index is 14.3. The van der Waals surface area contributed by atoms with Gasteiger partial charge in [-0.05, 0) is 50.4 Å². The predicted molar refractivity (Wildman–Crippen MR) is 78.0 cm³/mol. The van der Waals surface area contributed by atoms with Crippen LogP contribution >= 0.6 is 0 Å². The van der Waals surface area contributed by atoms with Gasteiger partial charge >= 0.3 is 0 Å². The zero-order valence-corrected chi connectivity index (χ0v) is 12.3. The number of hydrogen-bond acceptors (Lipinski definition) is 3. The highest BCUT2D eigenvalue weighted by Crippen LogP contribution is 2.44. The highest BCUT2D eigenvalue weighted by atomic mass is 19.1. The van der Waals surface area contributed by atoms with Gasteiger partial charge < -0.3 is 10.0 Å². The van der Waals surface area contributed by atoms with Crippen LogP contribution < -0.4 is 0 Å². The second-order valence-electron chi connectivity index (χ2n) is 6.49. The number of fused-ring (bicyclic) bond motifs is 2. The van der Waals surface area contributed by atoms with Crippen LogP contribution in [0.25, 0.3) is 0 Å². The van der Waals surface area contributed by atoms with E-state index in [0.717, 1.165) is 18.4 Å². The van der Waals surface area contributed by atoms with Gasteiger partial charge in [-0.1, -0.05) is 12.5 Å². The molecular formula is C17H21FN2O. The molecule has 2 unspecified atom stereocenters. The van der Waals surface area contributed by atoms with Crippen molar-refractivity contribution in [1.82, 2.24) is 4.90 Å². The van der Waals surface area contributed by atoms with Crippen molar-refractivity contribution in [3.8, 4) is 6.07 Å². The molecule has 1 aromatic carbocycles. The topological polar surface area (TPSA) is 47.3 Å². The monoisotopic (exact) mass is 288 g/mol. The first kappa shape index (κ1) is 14.5. The molecule has 4 heteroatoms. The lowest BCUT2D eigenvalue weighted by Crippen LogP contribution is -2.55. The lowest BCUT2D eigenvalue weighted by atomic mass is 9.72. The number of halogens is 1. The summed E-state index contributed by atoms with van der Waals surface area (Å²) in [5.41, 5.74) is 0.0457. The molecule has 1 aromatic rings. The third kappa shape index (κ3) is 2.56. The first-order valence-corrected chi connectivity index (χ1v) is 7.64. The van der Waals surface area contributed by atoms with E-state index in [1.807, 2.05) is 0 Å². The summed E-state index contributed by atoms with van der Waals surface area (Å²) < 4.78 is 14.3. The van der Waals surface area contributed by atoms with E-state index in [0.29, 0.717) is 30.5 Å². The molecule has 3 nitrogen and oxygen atoms in total.